The van der Waals surface area contributed by atoms with Gasteiger partial charge in [-0.15, -0.1) is 11.3 Å². The van der Waals surface area contributed by atoms with Gasteiger partial charge in [-0.2, -0.15) is 10.5 Å². The van der Waals surface area contributed by atoms with Gasteiger partial charge in [0.25, 0.3) is 0 Å². The average molecular weight is 422 g/mol. The van der Waals surface area contributed by atoms with Gasteiger partial charge < -0.3 is 4.57 Å². The highest BCUT2D eigenvalue weighted by atomic mass is 32.2. The minimum atomic E-state index is -3.92. The molecule has 1 aromatic carbocycles. The molecule has 146 valence electrons. The lowest BCUT2D eigenvalue weighted by Crippen LogP contribution is -2.04. The number of nitrogens with zero attached hydrogens (tertiary/aromatic N) is 3. The molecule has 0 unspecified atom stereocenters. The summed E-state index contributed by atoms with van der Waals surface area (Å²) >= 11 is 1.36. The monoisotopic (exact) mass is 421 g/mol. The standard InChI is InChI=1S/C22H19N3O2S2/c1-15(2)21-12-17(16(3)25(21)20-9-10-28-22(20)14-24)11-19(13-23)29(26,27)18-7-5-4-6-8-18/h4-12,15H,1-3H3/b19-11+. The predicted octanol–water partition coefficient (Wildman–Crippen LogP) is 5.18. The van der Waals surface area contributed by atoms with E-state index in [0.717, 1.165) is 17.1 Å². The summed E-state index contributed by atoms with van der Waals surface area (Å²) < 4.78 is 27.8. The molecule has 3 aromatic rings. The second-order valence-electron chi connectivity index (χ2n) is 6.78. The molecule has 0 amide bonds. The van der Waals surface area contributed by atoms with Crippen molar-refractivity contribution in [1.82, 2.24) is 4.57 Å². The molecule has 29 heavy (non-hydrogen) atoms. The van der Waals surface area contributed by atoms with Crippen LogP contribution in [0, 0.1) is 29.6 Å². The van der Waals surface area contributed by atoms with Crippen molar-refractivity contribution in [3.8, 4) is 17.8 Å². The molecular formula is C22H19N3O2S2. The van der Waals surface area contributed by atoms with Crippen LogP contribution in [0.2, 0.25) is 0 Å². The van der Waals surface area contributed by atoms with Crippen LogP contribution in [-0.2, 0) is 9.84 Å². The van der Waals surface area contributed by atoms with Gasteiger partial charge in [-0.05, 0) is 54.1 Å². The Morgan fingerprint density at radius 2 is 1.86 bits per heavy atom. The number of rotatable bonds is 5. The van der Waals surface area contributed by atoms with Crippen molar-refractivity contribution in [3.63, 3.8) is 0 Å². The van der Waals surface area contributed by atoms with Crippen LogP contribution in [0.3, 0.4) is 0 Å². The fourth-order valence-corrected chi connectivity index (χ4v) is 4.98. The van der Waals surface area contributed by atoms with Gasteiger partial charge in [0.1, 0.15) is 21.9 Å². The van der Waals surface area contributed by atoms with Gasteiger partial charge in [-0.3, -0.25) is 0 Å². The summed E-state index contributed by atoms with van der Waals surface area (Å²) in [7, 11) is -3.92. The van der Waals surface area contributed by atoms with Crippen molar-refractivity contribution in [2.75, 3.05) is 0 Å². The average Bonchev–Trinajstić information content (AvgIpc) is 3.30. The Labute approximate surface area is 174 Å². The number of thiophene rings is 1. The summed E-state index contributed by atoms with van der Waals surface area (Å²) in [5.41, 5.74) is 3.13. The molecule has 0 atom stereocenters. The van der Waals surface area contributed by atoms with E-state index >= 15 is 0 Å². The van der Waals surface area contributed by atoms with Crippen LogP contribution in [0.5, 0.6) is 0 Å². The molecule has 0 saturated heterocycles. The van der Waals surface area contributed by atoms with E-state index in [-0.39, 0.29) is 15.7 Å². The van der Waals surface area contributed by atoms with Crippen LogP contribution in [0.4, 0.5) is 0 Å². The van der Waals surface area contributed by atoms with Crippen molar-refractivity contribution in [3.05, 3.63) is 74.6 Å². The topological polar surface area (TPSA) is 86.7 Å². The van der Waals surface area contributed by atoms with Crippen LogP contribution in [0.1, 0.15) is 41.6 Å². The van der Waals surface area contributed by atoms with Crippen molar-refractivity contribution in [2.45, 2.75) is 31.6 Å². The molecule has 0 bridgehead atoms. The Morgan fingerprint density at radius 3 is 2.45 bits per heavy atom. The first-order valence-corrected chi connectivity index (χ1v) is 11.3. The molecule has 0 aliphatic heterocycles. The van der Waals surface area contributed by atoms with Crippen molar-refractivity contribution < 1.29 is 8.42 Å². The van der Waals surface area contributed by atoms with Crippen LogP contribution >= 0.6 is 11.3 Å². The van der Waals surface area contributed by atoms with Gasteiger partial charge in [0.2, 0.25) is 9.84 Å². The number of benzene rings is 1. The zero-order valence-electron chi connectivity index (χ0n) is 16.2. The van der Waals surface area contributed by atoms with Crippen LogP contribution in [0.15, 0.2) is 57.6 Å². The van der Waals surface area contributed by atoms with Crippen molar-refractivity contribution in [1.29, 1.82) is 10.5 Å². The van der Waals surface area contributed by atoms with E-state index in [1.807, 2.05) is 48.9 Å². The number of aromatic nitrogens is 1. The fourth-order valence-electron chi connectivity index (χ4n) is 3.14. The summed E-state index contributed by atoms with van der Waals surface area (Å²) in [5, 5.41) is 20.9. The van der Waals surface area contributed by atoms with E-state index in [2.05, 4.69) is 6.07 Å². The van der Waals surface area contributed by atoms with E-state index < -0.39 is 9.84 Å². The fraction of sp³-hybridized carbons (Fsp3) is 0.182. The molecule has 0 aliphatic carbocycles. The zero-order valence-corrected chi connectivity index (χ0v) is 17.9. The molecule has 5 nitrogen and oxygen atoms in total. The highest BCUT2D eigenvalue weighted by molar-refractivity contribution is 7.95. The third-order valence-corrected chi connectivity index (χ3v) is 7.12. The Balaban J connectivity index is 2.21. The van der Waals surface area contributed by atoms with E-state index in [1.54, 1.807) is 18.2 Å². The number of nitriles is 2. The molecule has 2 aromatic heterocycles. The number of sulfone groups is 1. The molecule has 3 rings (SSSR count). The number of hydrogen-bond acceptors (Lipinski definition) is 5. The number of hydrogen-bond donors (Lipinski definition) is 0. The molecule has 2 heterocycles. The van der Waals surface area contributed by atoms with Gasteiger partial charge in [0.15, 0.2) is 0 Å². The maximum Gasteiger partial charge on any atom is 0.216 e. The van der Waals surface area contributed by atoms with Gasteiger partial charge in [-0.1, -0.05) is 32.0 Å². The van der Waals surface area contributed by atoms with Gasteiger partial charge in [0, 0.05) is 11.4 Å². The molecular weight excluding hydrogens is 402 g/mol. The summed E-state index contributed by atoms with van der Waals surface area (Å²) in [4.78, 5) is 0.349. The maximum atomic E-state index is 12.9. The van der Waals surface area contributed by atoms with Crippen LogP contribution in [0.25, 0.3) is 11.8 Å². The summed E-state index contributed by atoms with van der Waals surface area (Å²) in [6.07, 6.45) is 1.42. The molecule has 0 saturated carbocycles. The Kier molecular flexibility index (Phi) is 5.74. The summed E-state index contributed by atoms with van der Waals surface area (Å²) in [6, 6.07) is 15.7. The normalized spacial score (nSPS) is 12.0. The van der Waals surface area contributed by atoms with E-state index in [0.29, 0.717) is 10.4 Å². The third kappa shape index (κ3) is 3.75. The Hall–Kier alpha value is -3.13. The van der Waals surface area contributed by atoms with Gasteiger partial charge in [-0.25, -0.2) is 8.42 Å². The zero-order chi connectivity index (χ0) is 21.2. The van der Waals surface area contributed by atoms with E-state index in [9.17, 15) is 18.9 Å². The lowest BCUT2D eigenvalue weighted by molar-refractivity contribution is 0.603. The second kappa shape index (κ2) is 8.08. The smallest absolute Gasteiger partial charge is 0.216 e. The Morgan fingerprint density at radius 1 is 1.17 bits per heavy atom. The molecule has 0 fully saturated rings. The van der Waals surface area contributed by atoms with E-state index in [1.165, 1.54) is 29.5 Å². The molecule has 0 spiro atoms. The van der Waals surface area contributed by atoms with Crippen molar-refractivity contribution >= 4 is 27.3 Å². The maximum absolute atomic E-state index is 12.9. The number of allylic oxidation sites excluding steroid dienone is 1. The summed E-state index contributed by atoms with van der Waals surface area (Å²) in [6.45, 7) is 5.92. The molecule has 0 aliphatic rings. The minimum absolute atomic E-state index is 0.0820. The molecule has 0 N–H and O–H groups in total. The molecule has 7 heteroatoms. The van der Waals surface area contributed by atoms with Gasteiger partial charge >= 0.3 is 0 Å². The van der Waals surface area contributed by atoms with Crippen LogP contribution < -0.4 is 0 Å². The highest BCUT2D eigenvalue weighted by Crippen LogP contribution is 2.32. The van der Waals surface area contributed by atoms with E-state index in [4.69, 9.17) is 0 Å². The lowest BCUT2D eigenvalue weighted by Gasteiger charge is -2.13. The first kappa shape index (κ1) is 20.6. The Bertz CT molecular complexity index is 1270. The quantitative estimate of drug-likeness (QED) is 0.531. The van der Waals surface area contributed by atoms with Crippen molar-refractivity contribution in [2.24, 2.45) is 0 Å². The first-order valence-electron chi connectivity index (χ1n) is 8.93. The third-order valence-electron chi connectivity index (χ3n) is 4.63. The first-order chi connectivity index (χ1) is 13.8. The lowest BCUT2D eigenvalue weighted by atomic mass is 10.1. The molecule has 0 radical (unpaired) electrons. The highest BCUT2D eigenvalue weighted by Gasteiger charge is 2.23. The van der Waals surface area contributed by atoms with Crippen LogP contribution in [-0.4, -0.2) is 13.0 Å². The largest absolute Gasteiger partial charge is 0.315 e. The van der Waals surface area contributed by atoms with Gasteiger partial charge in [0.05, 0.1) is 10.6 Å². The predicted molar refractivity (Wildman–Crippen MR) is 114 cm³/mol. The minimum Gasteiger partial charge on any atom is -0.315 e. The second-order valence-corrected chi connectivity index (χ2v) is 9.62. The summed E-state index contributed by atoms with van der Waals surface area (Å²) in [5.74, 6) is 0.138. The SMILES string of the molecule is Cc1c(/C=C(\C#N)S(=O)(=O)c2ccccc2)cc(C(C)C)n1-c1ccsc1C#N.